The van der Waals surface area contributed by atoms with Gasteiger partial charge in [0.05, 0.1) is 31.0 Å². The van der Waals surface area contributed by atoms with Crippen molar-refractivity contribution in [3.63, 3.8) is 0 Å². The summed E-state index contributed by atoms with van der Waals surface area (Å²) in [7, 11) is 0. The average molecular weight is 335 g/mol. The van der Waals surface area contributed by atoms with E-state index in [1.165, 1.54) is 0 Å². The summed E-state index contributed by atoms with van der Waals surface area (Å²) < 4.78 is 7.18. The summed E-state index contributed by atoms with van der Waals surface area (Å²) in [6.45, 7) is 6.45. The van der Waals surface area contributed by atoms with Gasteiger partial charge in [-0.2, -0.15) is 0 Å². The molecule has 2 aromatic rings. The van der Waals surface area contributed by atoms with Gasteiger partial charge in [0.2, 0.25) is 16.0 Å². The van der Waals surface area contributed by atoms with Gasteiger partial charge < -0.3 is 14.5 Å². The number of aryl methyl sites for hydroxylation is 1. The Kier molecular flexibility index (Phi) is 3.94. The van der Waals surface area contributed by atoms with Crippen molar-refractivity contribution >= 4 is 27.3 Å². The maximum absolute atomic E-state index is 12.7. The zero-order chi connectivity index (χ0) is 15.8. The molecule has 1 amide bonds. The van der Waals surface area contributed by atoms with Crippen LogP contribution in [0.1, 0.15) is 18.5 Å². The van der Waals surface area contributed by atoms with E-state index in [-0.39, 0.29) is 11.8 Å². The van der Waals surface area contributed by atoms with Crippen LogP contribution in [0.3, 0.4) is 0 Å². The van der Waals surface area contributed by atoms with E-state index in [9.17, 15) is 4.79 Å². The Bertz CT molecular complexity index is 674. The van der Waals surface area contributed by atoms with E-state index in [0.29, 0.717) is 13.2 Å². The smallest absolute Gasteiger partial charge is 0.227 e. The van der Waals surface area contributed by atoms with E-state index in [2.05, 4.69) is 15.0 Å². The zero-order valence-corrected chi connectivity index (χ0v) is 14.1. The average Bonchev–Trinajstić information content (AvgIpc) is 3.12. The lowest BCUT2D eigenvalue weighted by molar-refractivity contribution is -0.139. The molecule has 0 radical (unpaired) electrons. The molecule has 2 aliphatic heterocycles. The van der Waals surface area contributed by atoms with Crippen molar-refractivity contribution < 1.29 is 9.53 Å². The van der Waals surface area contributed by atoms with Gasteiger partial charge in [-0.1, -0.05) is 11.3 Å². The van der Waals surface area contributed by atoms with Crippen LogP contribution in [0.4, 0.5) is 5.13 Å². The number of piperidine rings is 1. The van der Waals surface area contributed by atoms with Crippen LogP contribution in [0.2, 0.25) is 0 Å². The van der Waals surface area contributed by atoms with Crippen molar-refractivity contribution in [2.75, 3.05) is 44.3 Å². The van der Waals surface area contributed by atoms with Crippen LogP contribution in [0, 0.1) is 12.8 Å². The van der Waals surface area contributed by atoms with Gasteiger partial charge in [0.1, 0.15) is 0 Å². The fourth-order valence-corrected chi connectivity index (χ4v) is 4.28. The second-order valence-electron chi connectivity index (χ2n) is 6.22. The number of amides is 1. The maximum atomic E-state index is 12.7. The Morgan fingerprint density at radius 3 is 2.96 bits per heavy atom. The standard InChI is InChI=1S/C15H21N5O2S/c1-11-9-20-14(16-11)23-15(17-20)19-4-2-3-12(10-19)13(21)18-5-7-22-8-6-18/h9,12H,2-8,10H2,1H3/t12-/m1/s1. The highest BCUT2D eigenvalue weighted by Gasteiger charge is 2.31. The molecule has 7 nitrogen and oxygen atoms in total. The monoisotopic (exact) mass is 335 g/mol. The van der Waals surface area contributed by atoms with Crippen LogP contribution in [0.25, 0.3) is 4.96 Å². The summed E-state index contributed by atoms with van der Waals surface area (Å²) in [6, 6.07) is 0. The van der Waals surface area contributed by atoms with Gasteiger partial charge in [0, 0.05) is 26.2 Å². The molecular weight excluding hydrogens is 314 g/mol. The summed E-state index contributed by atoms with van der Waals surface area (Å²) in [5.74, 6) is 0.343. The number of carbonyl (C=O) groups excluding carboxylic acids is 1. The van der Waals surface area contributed by atoms with Gasteiger partial charge in [-0.3, -0.25) is 4.79 Å². The van der Waals surface area contributed by atoms with Crippen molar-refractivity contribution in [2.24, 2.45) is 5.92 Å². The number of carbonyl (C=O) groups is 1. The van der Waals surface area contributed by atoms with Crippen LogP contribution in [0.5, 0.6) is 0 Å². The van der Waals surface area contributed by atoms with E-state index in [1.807, 2.05) is 22.5 Å². The number of anilines is 1. The first kappa shape index (κ1) is 14.9. The zero-order valence-electron chi connectivity index (χ0n) is 13.3. The quantitative estimate of drug-likeness (QED) is 0.824. The van der Waals surface area contributed by atoms with Crippen molar-refractivity contribution in [2.45, 2.75) is 19.8 Å². The molecule has 0 aromatic carbocycles. The Morgan fingerprint density at radius 1 is 1.35 bits per heavy atom. The Hall–Kier alpha value is -1.67. The number of rotatable bonds is 2. The molecule has 2 aliphatic rings. The van der Waals surface area contributed by atoms with Crippen LogP contribution < -0.4 is 4.90 Å². The molecule has 4 heterocycles. The van der Waals surface area contributed by atoms with Gasteiger partial charge in [-0.25, -0.2) is 9.50 Å². The molecule has 0 spiro atoms. The third-order valence-corrected chi connectivity index (χ3v) is 5.50. The molecule has 0 aliphatic carbocycles. The number of nitrogens with zero attached hydrogens (tertiary/aromatic N) is 5. The number of imidazole rings is 1. The third-order valence-electron chi connectivity index (χ3n) is 4.52. The normalized spacial score (nSPS) is 22.7. The maximum Gasteiger partial charge on any atom is 0.227 e. The van der Waals surface area contributed by atoms with E-state index >= 15 is 0 Å². The van der Waals surface area contributed by atoms with Gasteiger partial charge in [0.15, 0.2) is 0 Å². The SMILES string of the molecule is Cc1cn2nc(N3CCC[C@@H](C(=O)N4CCOCC4)C3)sc2n1. The van der Waals surface area contributed by atoms with E-state index in [4.69, 9.17) is 4.74 Å². The van der Waals surface area contributed by atoms with Crippen LogP contribution in [-0.2, 0) is 9.53 Å². The second-order valence-corrected chi connectivity index (χ2v) is 7.15. The molecule has 0 unspecified atom stereocenters. The summed E-state index contributed by atoms with van der Waals surface area (Å²) in [4.78, 5) is 22.3. The molecule has 2 fully saturated rings. The van der Waals surface area contributed by atoms with Crippen LogP contribution >= 0.6 is 11.3 Å². The Labute approximate surface area is 138 Å². The first-order valence-corrected chi connectivity index (χ1v) is 8.96. The number of hydrogen-bond acceptors (Lipinski definition) is 6. The molecule has 124 valence electrons. The number of fused-ring (bicyclic) bond motifs is 1. The fourth-order valence-electron chi connectivity index (χ4n) is 3.32. The van der Waals surface area contributed by atoms with Crippen molar-refractivity contribution in [3.05, 3.63) is 11.9 Å². The fraction of sp³-hybridized carbons (Fsp3) is 0.667. The largest absolute Gasteiger partial charge is 0.378 e. The first-order valence-electron chi connectivity index (χ1n) is 8.15. The minimum Gasteiger partial charge on any atom is -0.378 e. The highest BCUT2D eigenvalue weighted by Crippen LogP contribution is 2.28. The number of morpholine rings is 1. The third kappa shape index (κ3) is 2.92. The first-order chi connectivity index (χ1) is 11.2. The number of hydrogen-bond donors (Lipinski definition) is 0. The molecule has 0 saturated carbocycles. The van der Waals surface area contributed by atoms with Gasteiger partial charge >= 0.3 is 0 Å². The van der Waals surface area contributed by atoms with Gasteiger partial charge in [-0.15, -0.1) is 5.10 Å². The molecule has 8 heteroatoms. The highest BCUT2D eigenvalue weighted by molar-refractivity contribution is 7.20. The molecule has 0 N–H and O–H groups in total. The number of ether oxygens (including phenoxy) is 1. The number of aromatic nitrogens is 3. The van der Waals surface area contributed by atoms with Gasteiger partial charge in [0.25, 0.3) is 0 Å². The molecule has 1 atom stereocenters. The van der Waals surface area contributed by atoms with E-state index in [1.54, 1.807) is 11.3 Å². The molecule has 0 bridgehead atoms. The van der Waals surface area contributed by atoms with Crippen molar-refractivity contribution in [3.8, 4) is 0 Å². The lowest BCUT2D eigenvalue weighted by Crippen LogP contribution is -2.48. The van der Waals surface area contributed by atoms with Crippen molar-refractivity contribution in [1.29, 1.82) is 0 Å². The predicted molar refractivity (Wildman–Crippen MR) is 87.9 cm³/mol. The van der Waals surface area contributed by atoms with E-state index in [0.717, 1.165) is 54.8 Å². The van der Waals surface area contributed by atoms with Crippen molar-refractivity contribution in [1.82, 2.24) is 19.5 Å². The van der Waals surface area contributed by atoms with Crippen LogP contribution in [-0.4, -0.2) is 64.8 Å². The van der Waals surface area contributed by atoms with E-state index < -0.39 is 0 Å². The lowest BCUT2D eigenvalue weighted by Gasteiger charge is -2.35. The summed E-state index contributed by atoms with van der Waals surface area (Å²) in [5.41, 5.74) is 0.981. The molecule has 2 saturated heterocycles. The summed E-state index contributed by atoms with van der Waals surface area (Å²) in [6.07, 6.45) is 3.94. The molecular formula is C15H21N5O2S. The molecule has 4 rings (SSSR count). The predicted octanol–water partition coefficient (Wildman–Crippen LogP) is 1.17. The Morgan fingerprint density at radius 2 is 2.17 bits per heavy atom. The summed E-state index contributed by atoms with van der Waals surface area (Å²) in [5, 5.41) is 5.58. The molecule has 23 heavy (non-hydrogen) atoms. The Balaban J connectivity index is 1.47. The van der Waals surface area contributed by atoms with Crippen LogP contribution in [0.15, 0.2) is 6.20 Å². The topological polar surface area (TPSA) is 63.0 Å². The second kappa shape index (κ2) is 6.09. The lowest BCUT2D eigenvalue weighted by atomic mass is 9.96. The minimum absolute atomic E-state index is 0.0693. The molecule has 2 aromatic heterocycles. The summed E-state index contributed by atoms with van der Waals surface area (Å²) >= 11 is 1.60. The highest BCUT2D eigenvalue weighted by atomic mass is 32.1. The van der Waals surface area contributed by atoms with Gasteiger partial charge in [-0.05, 0) is 19.8 Å². The minimum atomic E-state index is 0.0693.